The molecule has 2 aliphatic rings. The fourth-order valence-corrected chi connectivity index (χ4v) is 3.79. The van der Waals surface area contributed by atoms with Crippen molar-refractivity contribution in [3.8, 4) is 5.75 Å². The van der Waals surface area contributed by atoms with Crippen molar-refractivity contribution in [3.05, 3.63) is 29.8 Å². The summed E-state index contributed by atoms with van der Waals surface area (Å²) in [5, 5.41) is 3.37. The topological polar surface area (TPSA) is 50.8 Å². The van der Waals surface area contributed by atoms with E-state index in [9.17, 15) is 4.79 Å². The summed E-state index contributed by atoms with van der Waals surface area (Å²) in [5.41, 5.74) is 1.06. The summed E-state index contributed by atoms with van der Waals surface area (Å²) in [5.74, 6) is 1.58. The molecule has 2 aliphatic heterocycles. The number of nitrogens with zero attached hydrogens (tertiary/aromatic N) is 1. The normalized spacial score (nSPS) is 21.2. The molecule has 1 aromatic rings. The molecule has 2 heterocycles. The summed E-state index contributed by atoms with van der Waals surface area (Å²) in [6.45, 7) is 4.14. The first kappa shape index (κ1) is 18.2. The molecule has 1 aromatic carbocycles. The molecular weight excluding hydrogens is 316 g/mol. The highest BCUT2D eigenvalue weighted by molar-refractivity contribution is 5.76. The maximum atomic E-state index is 13.0. The van der Waals surface area contributed by atoms with Gasteiger partial charge in [0.1, 0.15) is 5.75 Å². The number of rotatable bonds is 7. The van der Waals surface area contributed by atoms with Gasteiger partial charge in [0.25, 0.3) is 0 Å². The monoisotopic (exact) mass is 346 g/mol. The van der Waals surface area contributed by atoms with Crippen molar-refractivity contribution < 1.29 is 14.3 Å². The van der Waals surface area contributed by atoms with Crippen LogP contribution in [0.3, 0.4) is 0 Å². The van der Waals surface area contributed by atoms with Gasteiger partial charge in [-0.25, -0.2) is 0 Å². The van der Waals surface area contributed by atoms with Crippen molar-refractivity contribution in [1.29, 1.82) is 0 Å². The minimum atomic E-state index is 0.173. The number of hydrogen-bond donors (Lipinski definition) is 1. The van der Waals surface area contributed by atoms with Crippen LogP contribution in [0.1, 0.15) is 37.7 Å². The molecule has 0 bridgehead atoms. The first-order valence-electron chi connectivity index (χ1n) is 9.48. The number of nitrogens with one attached hydrogen (secondary N) is 1. The van der Waals surface area contributed by atoms with Gasteiger partial charge in [-0.2, -0.15) is 0 Å². The number of benzene rings is 1. The number of para-hydroxylation sites is 1. The Hall–Kier alpha value is -1.59. The van der Waals surface area contributed by atoms with Crippen molar-refractivity contribution in [2.75, 3.05) is 33.4 Å². The number of piperidine rings is 1. The van der Waals surface area contributed by atoms with Crippen molar-refractivity contribution >= 4 is 5.91 Å². The van der Waals surface area contributed by atoms with E-state index in [1.165, 1.54) is 0 Å². The van der Waals surface area contributed by atoms with Gasteiger partial charge in [-0.1, -0.05) is 18.2 Å². The Morgan fingerprint density at radius 2 is 2.08 bits per heavy atom. The smallest absolute Gasteiger partial charge is 0.223 e. The molecular formula is C20H30N2O3. The second kappa shape index (κ2) is 9.20. The quantitative estimate of drug-likeness (QED) is 0.824. The largest absolute Gasteiger partial charge is 0.496 e. The Bertz CT molecular complexity index is 552. The molecule has 2 fully saturated rings. The number of methoxy groups -OCH3 is 1. The van der Waals surface area contributed by atoms with Gasteiger partial charge in [0, 0.05) is 31.7 Å². The lowest BCUT2D eigenvalue weighted by Gasteiger charge is -2.29. The molecule has 1 unspecified atom stereocenters. The number of carbonyl (C=O) groups is 1. The number of ether oxygens (including phenoxy) is 2. The lowest BCUT2D eigenvalue weighted by Crippen LogP contribution is -2.39. The van der Waals surface area contributed by atoms with Crippen LogP contribution in [0.4, 0.5) is 0 Å². The molecule has 2 saturated heterocycles. The van der Waals surface area contributed by atoms with Gasteiger partial charge in [0.05, 0.1) is 13.2 Å². The third-order valence-corrected chi connectivity index (χ3v) is 5.28. The fourth-order valence-electron chi connectivity index (χ4n) is 3.79. The van der Waals surface area contributed by atoms with Crippen LogP contribution >= 0.6 is 0 Å². The number of amides is 1. The van der Waals surface area contributed by atoms with E-state index in [1.807, 2.05) is 29.2 Å². The second-order valence-corrected chi connectivity index (χ2v) is 7.12. The van der Waals surface area contributed by atoms with E-state index in [-0.39, 0.29) is 12.0 Å². The Kier molecular flexibility index (Phi) is 6.70. The highest BCUT2D eigenvalue weighted by Gasteiger charge is 2.26. The van der Waals surface area contributed by atoms with E-state index < -0.39 is 0 Å². The summed E-state index contributed by atoms with van der Waals surface area (Å²) >= 11 is 0. The molecule has 0 aromatic heterocycles. The molecule has 0 spiro atoms. The van der Waals surface area contributed by atoms with Crippen LogP contribution in [0.5, 0.6) is 5.75 Å². The molecule has 3 rings (SSSR count). The first-order chi connectivity index (χ1) is 12.3. The van der Waals surface area contributed by atoms with Gasteiger partial charge in [-0.05, 0) is 50.8 Å². The van der Waals surface area contributed by atoms with E-state index in [0.717, 1.165) is 56.7 Å². The van der Waals surface area contributed by atoms with Crippen molar-refractivity contribution in [3.63, 3.8) is 0 Å². The fraction of sp³-hybridized carbons (Fsp3) is 0.650. The lowest BCUT2D eigenvalue weighted by molar-refractivity contribution is -0.134. The van der Waals surface area contributed by atoms with Gasteiger partial charge in [0.2, 0.25) is 5.91 Å². The van der Waals surface area contributed by atoms with E-state index in [0.29, 0.717) is 25.4 Å². The highest BCUT2D eigenvalue weighted by atomic mass is 16.5. The van der Waals surface area contributed by atoms with Crippen molar-refractivity contribution in [1.82, 2.24) is 10.2 Å². The van der Waals surface area contributed by atoms with Gasteiger partial charge in [-0.15, -0.1) is 0 Å². The average molecular weight is 346 g/mol. The highest BCUT2D eigenvalue weighted by Crippen LogP contribution is 2.24. The van der Waals surface area contributed by atoms with Crippen LogP contribution in [0, 0.1) is 5.92 Å². The minimum absolute atomic E-state index is 0.173. The molecule has 1 atom stereocenters. The summed E-state index contributed by atoms with van der Waals surface area (Å²) < 4.78 is 11.3. The Labute approximate surface area is 150 Å². The molecule has 0 saturated carbocycles. The van der Waals surface area contributed by atoms with Gasteiger partial charge >= 0.3 is 0 Å². The lowest BCUT2D eigenvalue weighted by atomic mass is 9.94. The Balaban J connectivity index is 1.68. The van der Waals surface area contributed by atoms with Crippen molar-refractivity contribution in [2.24, 2.45) is 5.92 Å². The Morgan fingerprint density at radius 3 is 2.80 bits per heavy atom. The van der Waals surface area contributed by atoms with Gasteiger partial charge in [0.15, 0.2) is 0 Å². The Morgan fingerprint density at radius 1 is 1.28 bits per heavy atom. The predicted molar refractivity (Wildman–Crippen MR) is 97.6 cm³/mol. The standard InChI is InChI=1S/C20H30N2O3/c1-24-19-7-3-2-5-17(19)14-22(15-18-6-4-12-25-18)20(23)13-16-8-10-21-11-9-16/h2-3,5,7,16,18,21H,4,6,8-15H2,1H3. The number of hydrogen-bond acceptors (Lipinski definition) is 4. The zero-order chi connectivity index (χ0) is 17.5. The SMILES string of the molecule is COc1ccccc1CN(CC1CCCO1)C(=O)CC1CCNCC1. The van der Waals surface area contributed by atoms with Crippen LogP contribution in [0.15, 0.2) is 24.3 Å². The summed E-state index contributed by atoms with van der Waals surface area (Å²) in [4.78, 5) is 15.0. The molecule has 1 amide bonds. The maximum Gasteiger partial charge on any atom is 0.223 e. The molecule has 1 N–H and O–H groups in total. The van der Waals surface area contributed by atoms with Gasteiger partial charge in [-0.3, -0.25) is 4.79 Å². The van der Waals surface area contributed by atoms with Gasteiger partial charge < -0.3 is 19.7 Å². The molecule has 0 aliphatic carbocycles. The van der Waals surface area contributed by atoms with Crippen LogP contribution < -0.4 is 10.1 Å². The summed E-state index contributed by atoms with van der Waals surface area (Å²) in [6, 6.07) is 7.96. The van der Waals surface area contributed by atoms with E-state index in [4.69, 9.17) is 9.47 Å². The zero-order valence-corrected chi connectivity index (χ0v) is 15.2. The molecule has 138 valence electrons. The van der Waals surface area contributed by atoms with Crippen LogP contribution in [-0.4, -0.2) is 50.3 Å². The summed E-state index contributed by atoms with van der Waals surface area (Å²) in [6.07, 6.45) is 5.14. The molecule has 5 heteroatoms. The van der Waals surface area contributed by atoms with Crippen LogP contribution in [0.2, 0.25) is 0 Å². The minimum Gasteiger partial charge on any atom is -0.496 e. The molecule has 0 radical (unpaired) electrons. The van der Waals surface area contributed by atoms with E-state index in [2.05, 4.69) is 5.32 Å². The molecule has 25 heavy (non-hydrogen) atoms. The third-order valence-electron chi connectivity index (χ3n) is 5.28. The summed E-state index contributed by atoms with van der Waals surface area (Å²) in [7, 11) is 1.68. The zero-order valence-electron chi connectivity index (χ0n) is 15.2. The van der Waals surface area contributed by atoms with Crippen LogP contribution in [0.25, 0.3) is 0 Å². The van der Waals surface area contributed by atoms with Crippen LogP contribution in [-0.2, 0) is 16.1 Å². The van der Waals surface area contributed by atoms with Crippen molar-refractivity contribution in [2.45, 2.75) is 44.8 Å². The first-order valence-corrected chi connectivity index (χ1v) is 9.48. The molecule has 5 nitrogen and oxygen atoms in total. The van der Waals surface area contributed by atoms with E-state index >= 15 is 0 Å². The maximum absolute atomic E-state index is 13.0. The van der Waals surface area contributed by atoms with E-state index in [1.54, 1.807) is 7.11 Å². The second-order valence-electron chi connectivity index (χ2n) is 7.12. The third kappa shape index (κ3) is 5.19. The average Bonchev–Trinajstić information content (AvgIpc) is 3.15. The number of carbonyl (C=O) groups excluding carboxylic acids is 1. The predicted octanol–water partition coefficient (Wildman–Crippen LogP) is 2.59.